The van der Waals surface area contributed by atoms with E-state index in [4.69, 9.17) is 9.97 Å². The Morgan fingerprint density at radius 3 is 1.20 bits per heavy atom. The molecule has 8 bridgehead atoms. The van der Waals surface area contributed by atoms with Crippen LogP contribution in [0.4, 0.5) is 0 Å². The Morgan fingerprint density at radius 2 is 0.780 bits per heavy atom. The summed E-state index contributed by atoms with van der Waals surface area (Å²) in [5.74, 6) is 0. The topological polar surface area (TPSA) is 57.4 Å². The van der Waals surface area contributed by atoms with Crippen molar-refractivity contribution in [3.63, 3.8) is 0 Å². The Labute approximate surface area is 294 Å². The highest BCUT2D eigenvalue weighted by molar-refractivity contribution is 5.97. The second-order valence-corrected chi connectivity index (χ2v) is 13.7. The van der Waals surface area contributed by atoms with Gasteiger partial charge in [0.1, 0.15) is 0 Å². The lowest BCUT2D eigenvalue weighted by Crippen LogP contribution is -1.93. The number of nitrogens with one attached hydrogen (secondary N) is 2. The van der Waals surface area contributed by atoms with Crippen LogP contribution in [0.25, 0.3) is 79.8 Å². The molecule has 0 atom stereocenters. The highest BCUT2D eigenvalue weighted by atomic mass is 14.8. The number of hydrogen-bond acceptors (Lipinski definition) is 2. The van der Waals surface area contributed by atoms with Crippen molar-refractivity contribution >= 4 is 46.4 Å². The fourth-order valence-corrected chi connectivity index (χ4v) is 7.15. The molecule has 246 valence electrons. The second kappa shape index (κ2) is 13.3. The predicted molar refractivity (Wildman–Crippen MR) is 213 cm³/mol. The average molecular weight is 651 g/mol. The third kappa shape index (κ3) is 6.03. The third-order valence-corrected chi connectivity index (χ3v) is 9.91. The van der Waals surface area contributed by atoms with Gasteiger partial charge in [-0.2, -0.15) is 0 Å². The first kappa shape index (κ1) is 31.5. The summed E-state index contributed by atoms with van der Waals surface area (Å²) < 4.78 is 0. The molecule has 4 heteroatoms. The summed E-state index contributed by atoms with van der Waals surface area (Å²) in [5.41, 5.74) is 19.6. The van der Waals surface area contributed by atoms with Gasteiger partial charge in [0.15, 0.2) is 0 Å². The molecule has 0 saturated carbocycles. The molecule has 5 heterocycles. The van der Waals surface area contributed by atoms with Crippen LogP contribution in [0.1, 0.15) is 71.2 Å². The molecule has 4 nitrogen and oxygen atoms in total. The minimum Gasteiger partial charge on any atom is -0.355 e. The summed E-state index contributed by atoms with van der Waals surface area (Å²) >= 11 is 0. The van der Waals surface area contributed by atoms with Crippen LogP contribution in [0.5, 0.6) is 0 Å². The van der Waals surface area contributed by atoms with Crippen LogP contribution in [-0.4, -0.2) is 19.9 Å². The zero-order chi connectivity index (χ0) is 34.2. The Kier molecular flexibility index (Phi) is 8.38. The maximum absolute atomic E-state index is 5.41. The quantitative estimate of drug-likeness (QED) is 0.169. The monoisotopic (exact) mass is 650 g/mol. The highest BCUT2D eigenvalue weighted by Gasteiger charge is 2.18. The lowest BCUT2D eigenvalue weighted by atomic mass is 10.0. The van der Waals surface area contributed by atoms with Gasteiger partial charge in [-0.25, -0.2) is 9.97 Å². The molecule has 0 amide bonds. The van der Waals surface area contributed by atoms with Crippen molar-refractivity contribution in [1.82, 2.24) is 19.9 Å². The zero-order valence-electron chi connectivity index (χ0n) is 29.3. The van der Waals surface area contributed by atoms with Gasteiger partial charge in [0.2, 0.25) is 0 Å². The number of rotatable bonds is 7. The molecule has 50 heavy (non-hydrogen) atoms. The summed E-state index contributed by atoms with van der Waals surface area (Å²) in [6.45, 7) is 8.65. The van der Waals surface area contributed by atoms with Gasteiger partial charge in [0.25, 0.3) is 0 Å². The third-order valence-electron chi connectivity index (χ3n) is 9.91. The lowest BCUT2D eigenvalue weighted by Gasteiger charge is -2.07. The van der Waals surface area contributed by atoms with Crippen LogP contribution in [0.2, 0.25) is 0 Å². The molecular formula is C46H42N4. The van der Waals surface area contributed by atoms with Crippen LogP contribution < -0.4 is 0 Å². The maximum atomic E-state index is 5.41. The largest absolute Gasteiger partial charge is 0.355 e. The van der Waals surface area contributed by atoms with Crippen LogP contribution in [0.15, 0.2) is 97.1 Å². The van der Waals surface area contributed by atoms with Gasteiger partial charge in [0, 0.05) is 44.3 Å². The molecule has 0 unspecified atom stereocenters. The molecule has 0 radical (unpaired) electrons. The summed E-state index contributed by atoms with van der Waals surface area (Å²) in [7, 11) is 0. The summed E-state index contributed by atoms with van der Waals surface area (Å²) in [6, 6.07) is 35.1. The smallest absolute Gasteiger partial charge is 0.0737 e. The van der Waals surface area contributed by atoms with Gasteiger partial charge < -0.3 is 9.97 Å². The van der Waals surface area contributed by atoms with Gasteiger partial charge in [-0.05, 0) is 98.9 Å². The molecule has 2 aliphatic rings. The normalized spacial score (nSPS) is 12.2. The van der Waals surface area contributed by atoms with E-state index in [1.54, 1.807) is 0 Å². The van der Waals surface area contributed by atoms with Gasteiger partial charge in [-0.15, -0.1) is 0 Å². The Hall–Kier alpha value is -5.74. The number of aromatic amines is 2. The molecule has 0 saturated heterocycles. The van der Waals surface area contributed by atoms with Crippen molar-refractivity contribution in [2.75, 3.05) is 0 Å². The molecule has 8 rings (SSSR count). The van der Waals surface area contributed by atoms with Crippen LogP contribution in [0.3, 0.4) is 0 Å². The van der Waals surface area contributed by atoms with Crippen molar-refractivity contribution in [1.29, 1.82) is 0 Å². The van der Waals surface area contributed by atoms with Gasteiger partial charge in [-0.3, -0.25) is 0 Å². The molecule has 0 fully saturated rings. The molecule has 6 aromatic rings. The Morgan fingerprint density at radius 1 is 0.420 bits per heavy atom. The number of aromatic nitrogens is 4. The minimum atomic E-state index is 0.929. The molecule has 2 aliphatic heterocycles. The summed E-state index contributed by atoms with van der Waals surface area (Å²) in [5, 5.41) is 0. The molecule has 0 spiro atoms. The minimum absolute atomic E-state index is 0.929. The van der Waals surface area contributed by atoms with E-state index in [0.717, 1.165) is 91.1 Å². The van der Waals surface area contributed by atoms with E-state index in [2.05, 4.69) is 159 Å². The van der Waals surface area contributed by atoms with E-state index in [9.17, 15) is 0 Å². The molecule has 0 aliphatic carbocycles. The lowest BCUT2D eigenvalue weighted by molar-refractivity contribution is 0.717. The van der Waals surface area contributed by atoms with E-state index in [-0.39, 0.29) is 0 Å². The van der Waals surface area contributed by atoms with E-state index in [0.29, 0.717) is 0 Å². The first-order valence-corrected chi connectivity index (χ1v) is 17.8. The number of benzene rings is 3. The number of H-pyrrole nitrogens is 2. The zero-order valence-corrected chi connectivity index (χ0v) is 29.3. The van der Waals surface area contributed by atoms with E-state index < -0.39 is 0 Å². The first-order chi connectivity index (χ1) is 24.4. The Bertz CT molecular complexity index is 2390. The number of aryl methyl sites for hydroxylation is 4. The van der Waals surface area contributed by atoms with Crippen LogP contribution in [0, 0.1) is 20.8 Å². The molecule has 3 aromatic heterocycles. The van der Waals surface area contributed by atoms with Crippen molar-refractivity contribution in [3.05, 3.63) is 142 Å². The summed E-state index contributed by atoms with van der Waals surface area (Å²) in [6.07, 6.45) is 13.1. The molecule has 3 aromatic carbocycles. The number of nitrogens with zero attached hydrogens (tertiary/aromatic N) is 2. The maximum Gasteiger partial charge on any atom is 0.0737 e. The average Bonchev–Trinajstić information content (AvgIpc) is 3.96. The SMILES string of the molecule is CCCCCc1c2nc(c(-c3ccc(C)cc3)c3ccc([nH]3)c(-c3ccc(C)cc3)c3nc(c(-c4ccc(C)cc4)c4ccc1[nH]4)C=C3)C=C2. The summed E-state index contributed by atoms with van der Waals surface area (Å²) in [4.78, 5) is 18.5. The Balaban J connectivity index is 1.53. The first-order valence-electron chi connectivity index (χ1n) is 17.8. The standard InChI is InChI=1S/C46H42N4/c1-5-6-7-8-35-36-21-23-38(47-36)44(32-15-9-29(2)10-16-32)40-25-27-42(49-40)46(34-19-13-31(4)14-20-34)43-28-26-41(50-43)45(39-24-22-37(35)48-39)33-17-11-30(3)12-18-33/h9-28,47,50H,5-8H2,1-4H3. The highest BCUT2D eigenvalue weighted by Crippen LogP contribution is 2.37. The van der Waals surface area contributed by atoms with Crippen molar-refractivity contribution in [3.8, 4) is 33.4 Å². The van der Waals surface area contributed by atoms with Gasteiger partial charge in [0.05, 0.1) is 22.8 Å². The van der Waals surface area contributed by atoms with Crippen LogP contribution in [-0.2, 0) is 6.42 Å². The molecular weight excluding hydrogens is 609 g/mol. The van der Waals surface area contributed by atoms with Crippen molar-refractivity contribution < 1.29 is 0 Å². The van der Waals surface area contributed by atoms with Gasteiger partial charge in [-0.1, -0.05) is 109 Å². The predicted octanol–water partition coefficient (Wildman–Crippen LogP) is 12.3. The number of fused-ring (bicyclic) bond motifs is 8. The fourth-order valence-electron chi connectivity index (χ4n) is 7.15. The fraction of sp³-hybridized carbons (Fsp3) is 0.174. The van der Waals surface area contributed by atoms with E-state index in [1.807, 2.05) is 0 Å². The molecule has 2 N–H and O–H groups in total. The van der Waals surface area contributed by atoms with E-state index >= 15 is 0 Å². The van der Waals surface area contributed by atoms with Gasteiger partial charge >= 0.3 is 0 Å². The second-order valence-electron chi connectivity index (χ2n) is 13.7. The number of unbranched alkanes of at least 4 members (excludes halogenated alkanes) is 2. The van der Waals surface area contributed by atoms with Crippen LogP contribution >= 0.6 is 0 Å². The van der Waals surface area contributed by atoms with Crippen molar-refractivity contribution in [2.24, 2.45) is 0 Å². The number of hydrogen-bond donors (Lipinski definition) is 2. The van der Waals surface area contributed by atoms with Crippen molar-refractivity contribution in [2.45, 2.75) is 53.4 Å². The van der Waals surface area contributed by atoms with E-state index in [1.165, 1.54) is 35.1 Å².